The normalized spacial score (nSPS) is 11.7. The van der Waals surface area contributed by atoms with Gasteiger partial charge in [0.2, 0.25) is 0 Å². The second-order valence-electron chi connectivity index (χ2n) is 15.2. The molecule has 0 atom stereocenters. The third-order valence-corrected chi connectivity index (χ3v) is 12.8. The lowest BCUT2D eigenvalue weighted by Crippen LogP contribution is -2.04. The number of aromatic nitrogens is 4. The molecule has 0 fully saturated rings. The number of rotatable bonds is 6. The van der Waals surface area contributed by atoms with Crippen LogP contribution in [0.4, 0.5) is 0 Å². The first kappa shape index (κ1) is 34.3. The molecule has 0 saturated heterocycles. The van der Waals surface area contributed by atoms with Gasteiger partial charge in [0, 0.05) is 47.6 Å². The molecule has 3 aromatic heterocycles. The van der Waals surface area contributed by atoms with Crippen LogP contribution in [0.3, 0.4) is 0 Å². The Labute approximate surface area is 350 Å². The molecule has 0 aliphatic carbocycles. The van der Waals surface area contributed by atoms with Crippen LogP contribution in [-0.2, 0) is 0 Å². The fourth-order valence-corrected chi connectivity index (χ4v) is 9.84. The SMILES string of the molecule is c1ccc(-c2ccc(-c3nc(-c4ccccc4)nc(-c4cccc(-c5ccc6sc7cc8ccccc8cc7c6c5)c4)n3)c(-n3c4ccccc4c4ccccc43)c2)cc1. The number of thiophene rings is 1. The van der Waals surface area contributed by atoms with E-state index in [1.165, 1.54) is 41.7 Å². The van der Waals surface area contributed by atoms with Crippen molar-refractivity contribution < 1.29 is 0 Å². The molecule has 0 radical (unpaired) electrons. The molecule has 3 heterocycles. The lowest BCUT2D eigenvalue weighted by Gasteiger charge is -2.16. The number of fused-ring (bicyclic) bond motifs is 7. The van der Waals surface area contributed by atoms with Crippen LogP contribution < -0.4 is 0 Å². The molecule has 5 heteroatoms. The molecular formula is C55H34N4S. The summed E-state index contributed by atoms with van der Waals surface area (Å²) < 4.78 is 4.95. The highest BCUT2D eigenvalue weighted by Crippen LogP contribution is 2.41. The molecule has 0 aliphatic heterocycles. The minimum absolute atomic E-state index is 0.610. The van der Waals surface area contributed by atoms with Crippen molar-refractivity contribution in [2.75, 3.05) is 0 Å². The summed E-state index contributed by atoms with van der Waals surface area (Å²) >= 11 is 1.85. The van der Waals surface area contributed by atoms with Crippen LogP contribution in [0.1, 0.15) is 0 Å². The van der Waals surface area contributed by atoms with Gasteiger partial charge in [-0.1, -0.05) is 152 Å². The number of benzene rings is 9. The van der Waals surface area contributed by atoms with Gasteiger partial charge in [-0.25, -0.2) is 15.0 Å². The van der Waals surface area contributed by atoms with Gasteiger partial charge >= 0.3 is 0 Å². The quantitative estimate of drug-likeness (QED) is 0.169. The number of nitrogens with zero attached hydrogens (tertiary/aromatic N) is 4. The Morgan fingerprint density at radius 2 is 0.850 bits per heavy atom. The van der Waals surface area contributed by atoms with Crippen molar-refractivity contribution in [2.24, 2.45) is 0 Å². The highest BCUT2D eigenvalue weighted by Gasteiger charge is 2.20. The van der Waals surface area contributed by atoms with Gasteiger partial charge in [0.1, 0.15) is 0 Å². The third-order valence-electron chi connectivity index (χ3n) is 11.6. The Bertz CT molecular complexity index is 3550. The number of para-hydroxylation sites is 2. The van der Waals surface area contributed by atoms with Crippen molar-refractivity contribution in [2.45, 2.75) is 0 Å². The van der Waals surface area contributed by atoms with E-state index >= 15 is 0 Å². The summed E-state index contributed by atoms with van der Waals surface area (Å²) in [4.78, 5) is 15.8. The Kier molecular flexibility index (Phi) is 8.00. The van der Waals surface area contributed by atoms with E-state index in [4.69, 9.17) is 15.0 Å². The van der Waals surface area contributed by atoms with E-state index in [2.05, 4.69) is 193 Å². The third kappa shape index (κ3) is 5.78. The van der Waals surface area contributed by atoms with Gasteiger partial charge in [-0.05, 0) is 87.6 Å². The second kappa shape index (κ2) is 14.0. The summed E-state index contributed by atoms with van der Waals surface area (Å²) in [5, 5.41) is 7.49. The molecule has 0 aliphatic rings. The van der Waals surface area contributed by atoms with E-state index in [1.54, 1.807) is 0 Å². The summed E-state index contributed by atoms with van der Waals surface area (Å²) in [7, 11) is 0. The molecule has 0 unspecified atom stereocenters. The molecule has 0 bridgehead atoms. The van der Waals surface area contributed by atoms with Crippen molar-refractivity contribution in [1.82, 2.24) is 19.5 Å². The molecule has 4 nitrogen and oxygen atoms in total. The first-order chi connectivity index (χ1) is 29.7. The van der Waals surface area contributed by atoms with E-state index in [0.29, 0.717) is 17.5 Å². The average molecular weight is 783 g/mol. The van der Waals surface area contributed by atoms with Gasteiger partial charge in [0.05, 0.1) is 16.7 Å². The summed E-state index contributed by atoms with van der Waals surface area (Å²) in [5.41, 5.74) is 10.5. The lowest BCUT2D eigenvalue weighted by molar-refractivity contribution is 1.06. The Morgan fingerprint density at radius 3 is 1.60 bits per heavy atom. The van der Waals surface area contributed by atoms with Crippen molar-refractivity contribution >= 4 is 64.1 Å². The van der Waals surface area contributed by atoms with Crippen molar-refractivity contribution in [3.63, 3.8) is 0 Å². The molecule has 0 spiro atoms. The van der Waals surface area contributed by atoms with Crippen LogP contribution in [0, 0.1) is 0 Å². The van der Waals surface area contributed by atoms with Crippen LogP contribution in [0.5, 0.6) is 0 Å². The topological polar surface area (TPSA) is 43.6 Å². The maximum absolute atomic E-state index is 5.34. The van der Waals surface area contributed by atoms with Crippen LogP contribution in [-0.4, -0.2) is 19.5 Å². The summed E-state index contributed by atoms with van der Waals surface area (Å²) in [6.45, 7) is 0. The maximum atomic E-state index is 5.34. The van der Waals surface area contributed by atoms with E-state index in [1.807, 2.05) is 29.5 Å². The van der Waals surface area contributed by atoms with E-state index in [-0.39, 0.29) is 0 Å². The van der Waals surface area contributed by atoms with E-state index in [9.17, 15) is 0 Å². The molecule has 12 aromatic rings. The van der Waals surface area contributed by atoms with Crippen LogP contribution in [0.25, 0.3) is 115 Å². The van der Waals surface area contributed by atoms with E-state index in [0.717, 1.165) is 55.7 Å². The predicted molar refractivity (Wildman–Crippen MR) is 252 cm³/mol. The first-order valence-corrected chi connectivity index (χ1v) is 21.0. The Balaban J connectivity index is 1.05. The molecular weight excluding hydrogens is 749 g/mol. The minimum atomic E-state index is 0.610. The van der Waals surface area contributed by atoms with Gasteiger partial charge in [0.25, 0.3) is 0 Å². The van der Waals surface area contributed by atoms with Gasteiger partial charge in [-0.2, -0.15) is 0 Å². The predicted octanol–water partition coefficient (Wildman–Crippen LogP) is 14.8. The molecule has 60 heavy (non-hydrogen) atoms. The standard InChI is InChI=1S/C55H34N4S/c1-3-14-35(15-4-1)41-26-28-45(50(33-41)59-48-24-11-9-22-43(48)44-23-10-12-25-49(44)59)55-57-53(36-16-5-2-6-17-36)56-54(58-55)42-21-13-20-37(30-42)40-27-29-51-46(32-40)47-31-38-18-7-8-19-39(38)34-52(47)60-51/h1-34H. The smallest absolute Gasteiger partial charge is 0.166 e. The Hall–Kier alpha value is -7.73. The molecule has 12 rings (SSSR count). The second-order valence-corrected chi connectivity index (χ2v) is 16.3. The molecule has 0 amide bonds. The fraction of sp³-hybridized carbons (Fsp3) is 0. The molecule has 280 valence electrons. The maximum Gasteiger partial charge on any atom is 0.166 e. The monoisotopic (exact) mass is 782 g/mol. The zero-order valence-electron chi connectivity index (χ0n) is 32.3. The fourth-order valence-electron chi connectivity index (χ4n) is 8.72. The zero-order valence-corrected chi connectivity index (χ0v) is 33.1. The van der Waals surface area contributed by atoms with Gasteiger partial charge < -0.3 is 4.57 Å². The number of hydrogen-bond donors (Lipinski definition) is 0. The molecule has 0 N–H and O–H groups in total. The Morgan fingerprint density at radius 1 is 0.317 bits per heavy atom. The zero-order chi connectivity index (χ0) is 39.6. The van der Waals surface area contributed by atoms with Crippen molar-refractivity contribution in [1.29, 1.82) is 0 Å². The molecule has 0 saturated carbocycles. The average Bonchev–Trinajstić information content (AvgIpc) is 3.85. The highest BCUT2D eigenvalue weighted by molar-refractivity contribution is 7.25. The lowest BCUT2D eigenvalue weighted by atomic mass is 9.99. The first-order valence-electron chi connectivity index (χ1n) is 20.2. The van der Waals surface area contributed by atoms with E-state index < -0.39 is 0 Å². The minimum Gasteiger partial charge on any atom is -0.308 e. The van der Waals surface area contributed by atoms with Crippen LogP contribution >= 0.6 is 11.3 Å². The summed E-state index contributed by atoms with van der Waals surface area (Å²) in [6, 6.07) is 73.4. The molecule has 9 aromatic carbocycles. The van der Waals surface area contributed by atoms with Crippen LogP contribution in [0.2, 0.25) is 0 Å². The van der Waals surface area contributed by atoms with Gasteiger partial charge in [-0.15, -0.1) is 11.3 Å². The van der Waals surface area contributed by atoms with Crippen molar-refractivity contribution in [3.8, 4) is 62.1 Å². The highest BCUT2D eigenvalue weighted by atomic mass is 32.1. The largest absolute Gasteiger partial charge is 0.308 e. The van der Waals surface area contributed by atoms with Gasteiger partial charge in [0.15, 0.2) is 17.5 Å². The van der Waals surface area contributed by atoms with Crippen molar-refractivity contribution in [3.05, 3.63) is 206 Å². The summed E-state index contributed by atoms with van der Waals surface area (Å²) in [5.74, 6) is 1.85. The van der Waals surface area contributed by atoms with Crippen LogP contribution in [0.15, 0.2) is 206 Å². The van der Waals surface area contributed by atoms with Gasteiger partial charge in [-0.3, -0.25) is 0 Å². The number of hydrogen-bond acceptors (Lipinski definition) is 4. The summed E-state index contributed by atoms with van der Waals surface area (Å²) in [6.07, 6.45) is 0.